The lowest BCUT2D eigenvalue weighted by molar-refractivity contribution is -0.122. The largest absolute Gasteiger partial charge is 0.318 e. The highest BCUT2D eigenvalue weighted by Gasteiger charge is 2.36. The molecule has 9 heteroatoms. The molecule has 0 aliphatic carbocycles. The number of hydrogen-bond donors (Lipinski definition) is 1. The molecule has 0 bridgehead atoms. The van der Waals surface area contributed by atoms with Gasteiger partial charge in [-0.05, 0) is 80.2 Å². The molecule has 5 nitrogen and oxygen atoms in total. The Labute approximate surface area is 199 Å². The number of amides is 2. The Morgan fingerprint density at radius 3 is 2.44 bits per heavy atom. The summed E-state index contributed by atoms with van der Waals surface area (Å²) < 4.78 is 15.2. The molecule has 0 saturated carbocycles. The van der Waals surface area contributed by atoms with Crippen molar-refractivity contribution in [2.45, 2.75) is 13.8 Å². The number of halogens is 3. The fourth-order valence-corrected chi connectivity index (χ4v) is 4.27. The van der Waals surface area contributed by atoms with Crippen LogP contribution in [-0.2, 0) is 9.59 Å². The van der Waals surface area contributed by atoms with Crippen LogP contribution in [0, 0.1) is 19.7 Å². The van der Waals surface area contributed by atoms with E-state index < -0.39 is 11.8 Å². The predicted molar refractivity (Wildman–Crippen MR) is 128 cm³/mol. The lowest BCUT2D eigenvalue weighted by atomic mass is 10.1. The van der Waals surface area contributed by atoms with Gasteiger partial charge >= 0.3 is 0 Å². The van der Waals surface area contributed by atoms with Crippen molar-refractivity contribution >= 4 is 64.1 Å². The Morgan fingerprint density at radius 1 is 1.06 bits per heavy atom. The summed E-state index contributed by atoms with van der Waals surface area (Å²) in [5, 5.41) is 2.85. The molecule has 1 fully saturated rings. The molecule has 2 amide bonds. The van der Waals surface area contributed by atoms with E-state index in [9.17, 15) is 14.0 Å². The maximum Gasteiger partial charge on any atom is 0.270 e. The van der Waals surface area contributed by atoms with Crippen LogP contribution >= 0.6 is 35.4 Å². The molecule has 3 aromatic rings. The number of aryl methyl sites for hydroxylation is 1. The predicted octanol–water partition coefficient (Wildman–Crippen LogP) is 5.37. The number of nitrogens with one attached hydrogen (secondary N) is 1. The summed E-state index contributed by atoms with van der Waals surface area (Å²) in [4.78, 5) is 27.1. The number of carbonyl (C=O) groups is 2. The van der Waals surface area contributed by atoms with Gasteiger partial charge in [0, 0.05) is 17.1 Å². The van der Waals surface area contributed by atoms with Crippen LogP contribution in [0.15, 0.2) is 54.1 Å². The first kappa shape index (κ1) is 22.2. The van der Waals surface area contributed by atoms with Gasteiger partial charge in [0.15, 0.2) is 5.11 Å². The van der Waals surface area contributed by atoms with Crippen LogP contribution in [0.4, 0.5) is 10.1 Å². The van der Waals surface area contributed by atoms with Gasteiger partial charge in [0.25, 0.3) is 11.8 Å². The fourth-order valence-electron chi connectivity index (χ4n) is 3.62. The van der Waals surface area contributed by atoms with E-state index in [-0.39, 0.29) is 32.2 Å². The minimum absolute atomic E-state index is 0.0851. The van der Waals surface area contributed by atoms with Crippen molar-refractivity contribution in [1.82, 2.24) is 9.88 Å². The summed E-state index contributed by atoms with van der Waals surface area (Å²) in [7, 11) is 0. The zero-order chi connectivity index (χ0) is 23.2. The van der Waals surface area contributed by atoms with E-state index in [2.05, 4.69) is 5.32 Å². The molecular formula is C23H16Cl2FN3O2S. The van der Waals surface area contributed by atoms with Gasteiger partial charge in [0.05, 0.1) is 15.7 Å². The maximum absolute atomic E-state index is 13.3. The number of aromatic nitrogens is 1. The van der Waals surface area contributed by atoms with Gasteiger partial charge in [-0.1, -0.05) is 29.3 Å². The monoisotopic (exact) mass is 487 g/mol. The zero-order valence-electron chi connectivity index (χ0n) is 16.9. The van der Waals surface area contributed by atoms with Crippen molar-refractivity contribution in [3.63, 3.8) is 0 Å². The number of benzene rings is 2. The number of anilines is 1. The minimum atomic E-state index is -0.616. The summed E-state index contributed by atoms with van der Waals surface area (Å²) in [6, 6.07) is 12.7. The Bertz CT molecular complexity index is 1320. The lowest BCUT2D eigenvalue weighted by Crippen LogP contribution is -2.54. The Balaban J connectivity index is 1.78. The Morgan fingerprint density at radius 2 is 1.75 bits per heavy atom. The highest BCUT2D eigenvalue weighted by molar-refractivity contribution is 7.80. The van der Waals surface area contributed by atoms with Gasteiger partial charge < -0.3 is 4.57 Å². The molecule has 1 N–H and O–H groups in total. The lowest BCUT2D eigenvalue weighted by Gasteiger charge is -2.29. The molecule has 0 atom stereocenters. The second-order valence-electron chi connectivity index (χ2n) is 7.17. The van der Waals surface area contributed by atoms with Crippen molar-refractivity contribution in [3.8, 4) is 5.69 Å². The highest BCUT2D eigenvalue weighted by atomic mass is 35.5. The Kier molecular flexibility index (Phi) is 5.90. The van der Waals surface area contributed by atoms with Gasteiger partial charge in [-0.2, -0.15) is 0 Å². The normalized spacial score (nSPS) is 15.5. The number of hydrogen-bond acceptors (Lipinski definition) is 3. The van der Waals surface area contributed by atoms with Crippen molar-refractivity contribution in [3.05, 3.63) is 86.9 Å². The number of nitrogens with zero attached hydrogens (tertiary/aromatic N) is 2. The van der Waals surface area contributed by atoms with E-state index >= 15 is 0 Å². The van der Waals surface area contributed by atoms with Crippen LogP contribution in [0.5, 0.6) is 0 Å². The zero-order valence-corrected chi connectivity index (χ0v) is 19.3. The molecule has 1 saturated heterocycles. The molecule has 2 aromatic carbocycles. The summed E-state index contributed by atoms with van der Waals surface area (Å²) in [5.74, 6) is -1.56. The van der Waals surface area contributed by atoms with Crippen LogP contribution in [0.25, 0.3) is 11.8 Å². The highest BCUT2D eigenvalue weighted by Crippen LogP contribution is 2.34. The van der Waals surface area contributed by atoms with Gasteiger partial charge in [-0.25, -0.2) is 4.39 Å². The third kappa shape index (κ3) is 3.83. The first-order chi connectivity index (χ1) is 15.2. The number of thiocarbonyl (C=S) groups is 1. The quantitative estimate of drug-likeness (QED) is 0.307. The molecule has 32 heavy (non-hydrogen) atoms. The Hall–Kier alpha value is -3.00. The standard InChI is InChI=1S/C23H16Cl2FN3O2S/c1-12-10-14(13(2)28(12)16-8-6-15(26)7-9-16)11-17-21(30)27-23(32)29(22(17)31)19-5-3-4-18(24)20(19)25/h3-11H,1-2H3,(H,27,30,32)/b17-11+. The second-order valence-corrected chi connectivity index (χ2v) is 8.34. The fraction of sp³-hybridized carbons (Fsp3) is 0.0870. The average Bonchev–Trinajstić information content (AvgIpc) is 3.02. The molecule has 162 valence electrons. The van der Waals surface area contributed by atoms with Crippen LogP contribution in [0.1, 0.15) is 17.0 Å². The molecule has 4 rings (SSSR count). The first-order valence-corrected chi connectivity index (χ1v) is 10.7. The maximum atomic E-state index is 13.3. The van der Waals surface area contributed by atoms with E-state index in [1.54, 1.807) is 30.3 Å². The van der Waals surface area contributed by atoms with Gasteiger partial charge in [-0.3, -0.25) is 19.8 Å². The smallest absolute Gasteiger partial charge is 0.270 e. The molecule has 1 aliphatic rings. The summed E-state index contributed by atoms with van der Waals surface area (Å²) >= 11 is 17.6. The number of carbonyl (C=O) groups excluding carboxylic acids is 2. The van der Waals surface area contributed by atoms with Crippen LogP contribution < -0.4 is 10.2 Å². The van der Waals surface area contributed by atoms with E-state index in [4.69, 9.17) is 35.4 Å². The number of rotatable bonds is 3. The van der Waals surface area contributed by atoms with E-state index in [0.29, 0.717) is 5.56 Å². The van der Waals surface area contributed by atoms with Crippen molar-refractivity contribution < 1.29 is 14.0 Å². The van der Waals surface area contributed by atoms with Crippen molar-refractivity contribution in [2.24, 2.45) is 0 Å². The molecule has 2 heterocycles. The first-order valence-electron chi connectivity index (χ1n) is 9.49. The molecule has 0 spiro atoms. The molecule has 0 unspecified atom stereocenters. The third-order valence-corrected chi connectivity index (χ3v) is 6.22. The van der Waals surface area contributed by atoms with Gasteiger partial charge in [-0.15, -0.1) is 0 Å². The SMILES string of the molecule is Cc1cc(/C=C2\C(=O)NC(=S)N(c3cccc(Cl)c3Cl)C2=O)c(C)n1-c1ccc(F)cc1. The van der Waals surface area contributed by atoms with Crippen LogP contribution in [-0.4, -0.2) is 21.5 Å². The third-order valence-electron chi connectivity index (χ3n) is 5.13. The second kappa shape index (κ2) is 8.50. The van der Waals surface area contributed by atoms with E-state index in [0.717, 1.165) is 22.0 Å². The van der Waals surface area contributed by atoms with Crippen LogP contribution in [0.3, 0.4) is 0 Å². The average molecular weight is 488 g/mol. The molecule has 0 radical (unpaired) electrons. The summed E-state index contributed by atoms with van der Waals surface area (Å²) in [6.45, 7) is 3.73. The molecule has 1 aromatic heterocycles. The molecule has 1 aliphatic heterocycles. The van der Waals surface area contributed by atoms with Gasteiger partial charge in [0.2, 0.25) is 0 Å². The van der Waals surface area contributed by atoms with Crippen LogP contribution in [0.2, 0.25) is 10.0 Å². The minimum Gasteiger partial charge on any atom is -0.318 e. The van der Waals surface area contributed by atoms with E-state index in [1.165, 1.54) is 18.2 Å². The molecular weight excluding hydrogens is 472 g/mol. The van der Waals surface area contributed by atoms with Gasteiger partial charge in [0.1, 0.15) is 11.4 Å². The van der Waals surface area contributed by atoms with E-state index in [1.807, 2.05) is 24.5 Å². The van der Waals surface area contributed by atoms with Crippen molar-refractivity contribution in [1.29, 1.82) is 0 Å². The van der Waals surface area contributed by atoms with Crippen molar-refractivity contribution in [2.75, 3.05) is 4.90 Å². The topological polar surface area (TPSA) is 54.3 Å². The summed E-state index contributed by atoms with van der Waals surface area (Å²) in [5.41, 5.74) is 3.23. The summed E-state index contributed by atoms with van der Waals surface area (Å²) in [6.07, 6.45) is 1.51.